The molecule has 0 spiro atoms. The summed E-state index contributed by atoms with van der Waals surface area (Å²) < 4.78 is 0. The number of thiophene rings is 1. The van der Waals surface area contributed by atoms with Crippen molar-refractivity contribution in [1.29, 1.82) is 0 Å². The molecule has 1 N–H and O–H groups in total. The molecule has 2 aromatic rings. The van der Waals surface area contributed by atoms with Gasteiger partial charge >= 0.3 is 0 Å². The lowest BCUT2D eigenvalue weighted by Crippen LogP contribution is -2.19. The highest BCUT2D eigenvalue weighted by Crippen LogP contribution is 2.24. The Balaban J connectivity index is 1.95. The van der Waals surface area contributed by atoms with E-state index in [0.29, 0.717) is 12.0 Å². The van der Waals surface area contributed by atoms with Gasteiger partial charge in [-0.3, -0.25) is 0 Å². The van der Waals surface area contributed by atoms with E-state index >= 15 is 0 Å². The fourth-order valence-corrected chi connectivity index (χ4v) is 3.22. The van der Waals surface area contributed by atoms with Gasteiger partial charge in [0.2, 0.25) is 0 Å². The number of nitrogens with one attached hydrogen (secondary N) is 1. The molecular formula is C18H25NS. The molecule has 1 heterocycles. The van der Waals surface area contributed by atoms with Crippen molar-refractivity contribution in [3.8, 4) is 0 Å². The minimum absolute atomic E-state index is 0.491. The van der Waals surface area contributed by atoms with Gasteiger partial charge in [-0.2, -0.15) is 0 Å². The van der Waals surface area contributed by atoms with Gasteiger partial charge in [0.25, 0.3) is 0 Å². The van der Waals surface area contributed by atoms with Gasteiger partial charge in [-0.1, -0.05) is 57.5 Å². The van der Waals surface area contributed by atoms with E-state index in [2.05, 4.69) is 67.9 Å². The van der Waals surface area contributed by atoms with E-state index in [1.54, 1.807) is 0 Å². The quantitative estimate of drug-likeness (QED) is 0.708. The van der Waals surface area contributed by atoms with E-state index in [-0.39, 0.29) is 0 Å². The minimum Gasteiger partial charge on any atom is -0.305 e. The zero-order valence-electron chi connectivity index (χ0n) is 12.7. The third kappa shape index (κ3) is 4.19. The maximum absolute atomic E-state index is 3.70. The highest BCUT2D eigenvalue weighted by molar-refractivity contribution is 7.10. The van der Waals surface area contributed by atoms with Crippen molar-refractivity contribution >= 4 is 11.3 Å². The summed E-state index contributed by atoms with van der Waals surface area (Å²) in [5.41, 5.74) is 2.78. The molecule has 0 bridgehead atoms. The zero-order chi connectivity index (χ0) is 14.4. The Kier molecular flexibility index (Phi) is 5.81. The van der Waals surface area contributed by atoms with Gasteiger partial charge in [-0.25, -0.2) is 0 Å². The molecule has 2 heteroatoms. The lowest BCUT2D eigenvalue weighted by molar-refractivity contribution is 0.500. The highest BCUT2D eigenvalue weighted by Gasteiger charge is 2.10. The largest absolute Gasteiger partial charge is 0.305 e. The van der Waals surface area contributed by atoms with Crippen molar-refractivity contribution in [1.82, 2.24) is 5.32 Å². The molecule has 0 fully saturated rings. The molecule has 20 heavy (non-hydrogen) atoms. The third-order valence-electron chi connectivity index (χ3n) is 3.66. The summed E-state index contributed by atoms with van der Waals surface area (Å²) in [6, 6.07) is 13.9. The molecule has 0 aliphatic rings. The summed E-state index contributed by atoms with van der Waals surface area (Å²) in [5, 5.41) is 5.86. The van der Waals surface area contributed by atoms with Gasteiger partial charge in [0, 0.05) is 17.5 Å². The Morgan fingerprint density at radius 2 is 1.85 bits per heavy atom. The van der Waals surface area contributed by atoms with E-state index in [1.807, 2.05) is 11.3 Å². The molecule has 108 valence electrons. The topological polar surface area (TPSA) is 12.0 Å². The number of benzene rings is 1. The number of hydrogen-bond donors (Lipinski definition) is 1. The maximum atomic E-state index is 3.70. The summed E-state index contributed by atoms with van der Waals surface area (Å²) in [6.45, 7) is 7.67. The molecule has 1 aromatic carbocycles. The predicted octanol–water partition coefficient (Wildman–Crippen LogP) is 5.50. The summed E-state index contributed by atoms with van der Waals surface area (Å²) in [5.74, 6) is 0.607. The monoisotopic (exact) mass is 287 g/mol. The van der Waals surface area contributed by atoms with E-state index in [0.717, 1.165) is 6.54 Å². The second kappa shape index (κ2) is 7.61. The molecule has 2 rings (SSSR count). The zero-order valence-corrected chi connectivity index (χ0v) is 13.5. The second-order valence-electron chi connectivity index (χ2n) is 5.63. The third-order valence-corrected chi connectivity index (χ3v) is 4.65. The van der Waals surface area contributed by atoms with Crippen LogP contribution in [0, 0.1) is 0 Å². The Hall–Kier alpha value is -1.12. The van der Waals surface area contributed by atoms with Crippen LogP contribution in [0.2, 0.25) is 0 Å². The molecular weight excluding hydrogens is 262 g/mol. The summed E-state index contributed by atoms with van der Waals surface area (Å²) in [4.78, 5) is 1.45. The normalized spacial score (nSPS) is 12.8. The van der Waals surface area contributed by atoms with Gasteiger partial charge in [-0.05, 0) is 34.9 Å². The summed E-state index contributed by atoms with van der Waals surface area (Å²) in [7, 11) is 0. The molecule has 0 amide bonds. The SMILES string of the molecule is CCCC(NCc1ccc(C(C)C)cc1)c1cccs1. The highest BCUT2D eigenvalue weighted by atomic mass is 32.1. The second-order valence-corrected chi connectivity index (χ2v) is 6.61. The fourth-order valence-electron chi connectivity index (χ4n) is 2.38. The molecule has 1 unspecified atom stereocenters. The van der Waals surface area contributed by atoms with E-state index in [4.69, 9.17) is 0 Å². The van der Waals surface area contributed by atoms with Crippen molar-refractivity contribution in [2.45, 2.75) is 52.1 Å². The molecule has 0 aliphatic carbocycles. The van der Waals surface area contributed by atoms with Gasteiger partial charge in [0.05, 0.1) is 0 Å². The van der Waals surface area contributed by atoms with Crippen molar-refractivity contribution in [3.05, 3.63) is 57.8 Å². The van der Waals surface area contributed by atoms with E-state index in [1.165, 1.54) is 28.8 Å². The van der Waals surface area contributed by atoms with Crippen molar-refractivity contribution < 1.29 is 0 Å². The lowest BCUT2D eigenvalue weighted by Gasteiger charge is -2.17. The molecule has 1 atom stereocenters. The minimum atomic E-state index is 0.491. The fraction of sp³-hybridized carbons (Fsp3) is 0.444. The Bertz CT molecular complexity index is 485. The predicted molar refractivity (Wildman–Crippen MR) is 89.3 cm³/mol. The summed E-state index contributed by atoms with van der Waals surface area (Å²) >= 11 is 1.85. The number of rotatable bonds is 7. The van der Waals surface area contributed by atoms with Gasteiger partial charge in [-0.15, -0.1) is 11.3 Å². The standard InChI is InChI=1S/C18H25NS/c1-4-6-17(18-7-5-12-20-18)19-13-15-8-10-16(11-9-15)14(2)3/h5,7-12,14,17,19H,4,6,13H2,1-3H3. The summed E-state index contributed by atoms with van der Waals surface area (Å²) in [6.07, 6.45) is 2.41. The van der Waals surface area contributed by atoms with Crippen LogP contribution < -0.4 is 5.32 Å². The van der Waals surface area contributed by atoms with Crippen LogP contribution >= 0.6 is 11.3 Å². The Morgan fingerprint density at radius 3 is 2.40 bits per heavy atom. The molecule has 0 radical (unpaired) electrons. The van der Waals surface area contributed by atoms with Crippen LogP contribution in [0.25, 0.3) is 0 Å². The van der Waals surface area contributed by atoms with Crippen molar-refractivity contribution in [2.75, 3.05) is 0 Å². The van der Waals surface area contributed by atoms with Gasteiger partial charge in [0.1, 0.15) is 0 Å². The van der Waals surface area contributed by atoms with Crippen molar-refractivity contribution in [3.63, 3.8) is 0 Å². The Labute approximate surface area is 127 Å². The number of hydrogen-bond acceptors (Lipinski definition) is 2. The molecule has 0 aliphatic heterocycles. The Morgan fingerprint density at radius 1 is 1.10 bits per heavy atom. The average molecular weight is 287 g/mol. The molecule has 1 aromatic heterocycles. The van der Waals surface area contributed by atoms with Crippen LogP contribution in [-0.2, 0) is 6.54 Å². The molecule has 0 saturated heterocycles. The first-order valence-corrected chi connectivity index (χ1v) is 8.44. The van der Waals surface area contributed by atoms with Gasteiger partial charge in [0.15, 0.2) is 0 Å². The van der Waals surface area contributed by atoms with Crippen molar-refractivity contribution in [2.24, 2.45) is 0 Å². The lowest BCUT2D eigenvalue weighted by atomic mass is 10.0. The smallest absolute Gasteiger partial charge is 0.0417 e. The maximum Gasteiger partial charge on any atom is 0.0417 e. The van der Waals surface area contributed by atoms with Crippen LogP contribution in [0.5, 0.6) is 0 Å². The van der Waals surface area contributed by atoms with Crippen LogP contribution in [0.15, 0.2) is 41.8 Å². The first kappa shape index (κ1) is 15.3. The average Bonchev–Trinajstić information content (AvgIpc) is 2.98. The van der Waals surface area contributed by atoms with Crippen LogP contribution in [0.3, 0.4) is 0 Å². The van der Waals surface area contributed by atoms with Crippen LogP contribution in [0.1, 0.15) is 61.6 Å². The van der Waals surface area contributed by atoms with E-state index in [9.17, 15) is 0 Å². The van der Waals surface area contributed by atoms with Crippen LogP contribution in [-0.4, -0.2) is 0 Å². The molecule has 0 saturated carbocycles. The first-order chi connectivity index (χ1) is 9.70. The van der Waals surface area contributed by atoms with Crippen LogP contribution in [0.4, 0.5) is 0 Å². The molecule has 1 nitrogen and oxygen atoms in total. The van der Waals surface area contributed by atoms with E-state index < -0.39 is 0 Å². The van der Waals surface area contributed by atoms with Gasteiger partial charge < -0.3 is 5.32 Å². The first-order valence-electron chi connectivity index (χ1n) is 7.56.